The summed E-state index contributed by atoms with van der Waals surface area (Å²) in [5.41, 5.74) is 1.35. The number of hydrogen-bond donors (Lipinski definition) is 0. The zero-order chi connectivity index (χ0) is 17.9. The van der Waals surface area contributed by atoms with Gasteiger partial charge in [-0.25, -0.2) is 0 Å². The molecule has 0 bridgehead atoms. The second-order valence-electron chi connectivity index (χ2n) is 5.18. The standard InChI is InChI=1S/C17H10ClN5S3/c18-15-13(10-19)16(26-22-15)25-17-21-20-14(9-12-7-4-8-24-12)23(17)11-5-2-1-3-6-11/h1-8H,9H2. The van der Waals surface area contributed by atoms with Gasteiger partial charge in [-0.15, -0.1) is 21.5 Å². The van der Waals surface area contributed by atoms with Crippen LogP contribution in [0.4, 0.5) is 0 Å². The second kappa shape index (κ2) is 7.60. The maximum absolute atomic E-state index is 9.31. The Kier molecular flexibility index (Phi) is 5.04. The van der Waals surface area contributed by atoms with Crippen LogP contribution in [0.5, 0.6) is 0 Å². The van der Waals surface area contributed by atoms with Crippen LogP contribution >= 0.6 is 46.2 Å². The molecule has 0 aliphatic heterocycles. The van der Waals surface area contributed by atoms with Crippen molar-refractivity contribution in [1.29, 1.82) is 5.26 Å². The van der Waals surface area contributed by atoms with Gasteiger partial charge in [-0.3, -0.25) is 4.57 Å². The molecule has 0 saturated heterocycles. The highest BCUT2D eigenvalue weighted by Crippen LogP contribution is 2.37. The molecule has 3 heterocycles. The summed E-state index contributed by atoms with van der Waals surface area (Å²) in [5.74, 6) is 0.843. The van der Waals surface area contributed by atoms with E-state index in [1.54, 1.807) is 11.3 Å². The van der Waals surface area contributed by atoms with E-state index in [-0.39, 0.29) is 5.15 Å². The summed E-state index contributed by atoms with van der Waals surface area (Å²) in [6.07, 6.45) is 0.689. The molecule has 0 saturated carbocycles. The van der Waals surface area contributed by atoms with Crippen molar-refractivity contribution in [1.82, 2.24) is 19.1 Å². The first-order valence-electron chi connectivity index (χ1n) is 7.51. The fourth-order valence-electron chi connectivity index (χ4n) is 2.39. The molecule has 0 atom stereocenters. The van der Waals surface area contributed by atoms with Gasteiger partial charge < -0.3 is 0 Å². The molecule has 0 amide bonds. The van der Waals surface area contributed by atoms with Gasteiger partial charge in [0.05, 0.1) is 0 Å². The third kappa shape index (κ3) is 3.39. The molecule has 3 aromatic heterocycles. The molecule has 0 spiro atoms. The molecule has 0 unspecified atom stereocenters. The van der Waals surface area contributed by atoms with Gasteiger partial charge in [0.1, 0.15) is 21.7 Å². The van der Waals surface area contributed by atoms with E-state index in [0.29, 0.717) is 21.3 Å². The average molecular weight is 416 g/mol. The summed E-state index contributed by atoms with van der Waals surface area (Å²) in [4.78, 5) is 1.21. The van der Waals surface area contributed by atoms with Gasteiger partial charge in [-0.1, -0.05) is 35.9 Å². The number of benzene rings is 1. The van der Waals surface area contributed by atoms with Gasteiger partial charge in [0.2, 0.25) is 5.16 Å². The third-order valence-corrected chi connectivity index (χ3v) is 6.75. The van der Waals surface area contributed by atoms with Gasteiger partial charge >= 0.3 is 0 Å². The molecular weight excluding hydrogens is 406 g/mol. The van der Waals surface area contributed by atoms with Crippen LogP contribution in [0.2, 0.25) is 5.15 Å². The topological polar surface area (TPSA) is 67.4 Å². The van der Waals surface area contributed by atoms with Gasteiger partial charge in [0.15, 0.2) is 5.15 Å². The highest BCUT2D eigenvalue weighted by molar-refractivity contribution is 8.01. The Morgan fingerprint density at radius 2 is 2.00 bits per heavy atom. The number of nitrogens with zero attached hydrogens (tertiary/aromatic N) is 5. The van der Waals surface area contributed by atoms with Crippen molar-refractivity contribution in [3.63, 3.8) is 0 Å². The summed E-state index contributed by atoms with van der Waals surface area (Å²) < 4.78 is 6.79. The largest absolute Gasteiger partial charge is 0.273 e. The average Bonchev–Trinajstić information content (AvgIpc) is 3.38. The fraction of sp³-hybridized carbons (Fsp3) is 0.0588. The van der Waals surface area contributed by atoms with Crippen LogP contribution in [0.25, 0.3) is 5.69 Å². The molecule has 4 rings (SSSR count). The molecular formula is C17H10ClN5S3. The Balaban J connectivity index is 1.77. The minimum atomic E-state index is 0.226. The maximum atomic E-state index is 9.31. The van der Waals surface area contributed by atoms with Crippen molar-refractivity contribution in [2.45, 2.75) is 15.8 Å². The number of aromatic nitrogens is 4. The molecule has 0 aliphatic rings. The summed E-state index contributed by atoms with van der Waals surface area (Å²) in [7, 11) is 0. The zero-order valence-corrected chi connectivity index (χ0v) is 16.4. The van der Waals surface area contributed by atoms with E-state index < -0.39 is 0 Å². The van der Waals surface area contributed by atoms with Crippen molar-refractivity contribution in [3.8, 4) is 11.8 Å². The van der Waals surface area contributed by atoms with Crippen LogP contribution in [0, 0.1) is 11.3 Å². The number of para-hydroxylation sites is 1. The molecule has 9 heteroatoms. The van der Waals surface area contributed by atoms with Crippen molar-refractivity contribution < 1.29 is 0 Å². The molecule has 4 aromatic rings. The smallest absolute Gasteiger partial charge is 0.201 e. The van der Waals surface area contributed by atoms with E-state index in [4.69, 9.17) is 11.6 Å². The number of thiophene rings is 1. The van der Waals surface area contributed by atoms with Crippen molar-refractivity contribution in [2.24, 2.45) is 0 Å². The molecule has 5 nitrogen and oxygen atoms in total. The minimum absolute atomic E-state index is 0.226. The lowest BCUT2D eigenvalue weighted by Gasteiger charge is -2.09. The third-order valence-electron chi connectivity index (χ3n) is 3.54. The van der Waals surface area contributed by atoms with Crippen molar-refractivity contribution in [2.75, 3.05) is 0 Å². The van der Waals surface area contributed by atoms with Crippen LogP contribution in [0.3, 0.4) is 0 Å². The quantitative estimate of drug-likeness (QED) is 0.456. The first-order valence-corrected chi connectivity index (χ1v) is 10.4. The number of hydrogen-bond acceptors (Lipinski definition) is 7. The fourth-order valence-corrected chi connectivity index (χ4v) is 5.21. The highest BCUT2D eigenvalue weighted by atomic mass is 35.5. The zero-order valence-electron chi connectivity index (χ0n) is 13.2. The van der Waals surface area contributed by atoms with Gasteiger partial charge in [0.25, 0.3) is 0 Å². The van der Waals surface area contributed by atoms with E-state index in [1.165, 1.54) is 28.2 Å². The molecule has 0 fully saturated rings. The summed E-state index contributed by atoms with van der Waals surface area (Å²) >= 11 is 10.2. The highest BCUT2D eigenvalue weighted by Gasteiger charge is 2.20. The lowest BCUT2D eigenvalue weighted by atomic mass is 10.3. The number of rotatable bonds is 5. The Bertz CT molecular complexity index is 1060. The maximum Gasteiger partial charge on any atom is 0.201 e. The summed E-state index contributed by atoms with van der Waals surface area (Å²) in [5, 5.41) is 21.0. The molecule has 0 aliphatic carbocycles. The molecule has 1 aromatic carbocycles. The van der Waals surface area contributed by atoms with E-state index in [1.807, 2.05) is 46.3 Å². The second-order valence-corrected chi connectivity index (χ2v) is 8.58. The molecule has 26 heavy (non-hydrogen) atoms. The molecule has 0 N–H and O–H groups in total. The first kappa shape index (κ1) is 17.2. The van der Waals surface area contributed by atoms with E-state index >= 15 is 0 Å². The molecule has 0 radical (unpaired) electrons. The van der Waals surface area contributed by atoms with Gasteiger partial charge in [-0.2, -0.15) is 9.64 Å². The number of halogens is 1. The molecule has 128 valence electrons. The van der Waals surface area contributed by atoms with Gasteiger partial charge in [0, 0.05) is 17.0 Å². The monoisotopic (exact) mass is 415 g/mol. The predicted octanol–water partition coefficient (Wildman–Crippen LogP) is 5.05. The van der Waals surface area contributed by atoms with Gasteiger partial charge in [-0.05, 0) is 46.9 Å². The van der Waals surface area contributed by atoms with E-state index in [2.05, 4.69) is 26.7 Å². The Hall–Kier alpha value is -2.18. The normalized spacial score (nSPS) is 10.8. The Morgan fingerprint density at radius 3 is 2.73 bits per heavy atom. The SMILES string of the molecule is N#Cc1c(Cl)nsc1Sc1nnc(Cc2cccs2)n1-c1ccccc1. The lowest BCUT2D eigenvalue weighted by molar-refractivity contribution is 0.852. The summed E-state index contributed by atoms with van der Waals surface area (Å²) in [6, 6.07) is 16.2. The first-order chi connectivity index (χ1) is 12.8. The van der Waals surface area contributed by atoms with E-state index in [0.717, 1.165) is 11.5 Å². The summed E-state index contributed by atoms with van der Waals surface area (Å²) in [6.45, 7) is 0. The Labute approximate surface area is 167 Å². The lowest BCUT2D eigenvalue weighted by Crippen LogP contribution is -2.02. The van der Waals surface area contributed by atoms with Crippen LogP contribution in [0.15, 0.2) is 57.2 Å². The number of nitriles is 1. The van der Waals surface area contributed by atoms with E-state index in [9.17, 15) is 5.26 Å². The van der Waals surface area contributed by atoms with Crippen LogP contribution < -0.4 is 0 Å². The van der Waals surface area contributed by atoms with Crippen LogP contribution in [0.1, 0.15) is 16.3 Å². The predicted molar refractivity (Wildman–Crippen MR) is 104 cm³/mol. The van der Waals surface area contributed by atoms with Crippen molar-refractivity contribution in [3.05, 3.63) is 69.3 Å². The van der Waals surface area contributed by atoms with Crippen molar-refractivity contribution >= 4 is 46.2 Å². The minimum Gasteiger partial charge on any atom is -0.273 e. The van der Waals surface area contributed by atoms with Crippen LogP contribution in [-0.2, 0) is 6.42 Å². The Morgan fingerprint density at radius 1 is 1.15 bits per heavy atom. The van der Waals surface area contributed by atoms with Crippen LogP contribution in [-0.4, -0.2) is 19.1 Å².